The number of ether oxygens (including phenoxy) is 1. The van der Waals surface area contributed by atoms with E-state index >= 15 is 0 Å². The molecule has 1 N–H and O–H groups in total. The maximum atomic E-state index is 5.73. The highest BCUT2D eigenvalue weighted by Gasteiger charge is 2.14. The second-order valence-corrected chi connectivity index (χ2v) is 4.71. The van der Waals surface area contributed by atoms with Crippen LogP contribution in [0.15, 0.2) is 11.6 Å². The molecule has 0 bridgehead atoms. The SMILES string of the molecule is CNC(C=C(C)C)CCC1CCCCO1. The minimum Gasteiger partial charge on any atom is -0.378 e. The summed E-state index contributed by atoms with van der Waals surface area (Å²) in [6.07, 6.45) is 9.05. The van der Waals surface area contributed by atoms with Crippen molar-refractivity contribution in [2.24, 2.45) is 0 Å². The van der Waals surface area contributed by atoms with Crippen molar-refractivity contribution in [1.82, 2.24) is 5.32 Å². The number of hydrogen-bond donors (Lipinski definition) is 1. The first-order valence-electron chi connectivity index (χ1n) is 6.16. The van der Waals surface area contributed by atoms with Crippen molar-refractivity contribution in [2.45, 2.75) is 58.1 Å². The van der Waals surface area contributed by atoms with E-state index in [9.17, 15) is 0 Å². The van der Waals surface area contributed by atoms with Gasteiger partial charge in [0, 0.05) is 12.6 Å². The van der Waals surface area contributed by atoms with Gasteiger partial charge in [0.05, 0.1) is 6.10 Å². The van der Waals surface area contributed by atoms with Crippen LogP contribution < -0.4 is 5.32 Å². The van der Waals surface area contributed by atoms with Crippen LogP contribution in [0.3, 0.4) is 0 Å². The molecule has 15 heavy (non-hydrogen) atoms. The fourth-order valence-corrected chi connectivity index (χ4v) is 2.11. The van der Waals surface area contributed by atoms with Crippen LogP contribution in [0.2, 0.25) is 0 Å². The number of likely N-dealkylation sites (N-methyl/N-ethyl adjacent to an activating group) is 1. The second kappa shape index (κ2) is 7.02. The zero-order chi connectivity index (χ0) is 11.1. The molecule has 0 radical (unpaired) electrons. The highest BCUT2D eigenvalue weighted by Crippen LogP contribution is 2.18. The minimum absolute atomic E-state index is 0.514. The smallest absolute Gasteiger partial charge is 0.0575 e. The molecule has 0 saturated carbocycles. The van der Waals surface area contributed by atoms with Gasteiger partial charge in [-0.25, -0.2) is 0 Å². The van der Waals surface area contributed by atoms with Crippen molar-refractivity contribution >= 4 is 0 Å². The lowest BCUT2D eigenvalue weighted by molar-refractivity contribution is 0.00935. The Morgan fingerprint density at radius 1 is 1.47 bits per heavy atom. The van der Waals surface area contributed by atoms with Gasteiger partial charge in [-0.15, -0.1) is 0 Å². The number of rotatable bonds is 5. The van der Waals surface area contributed by atoms with E-state index in [4.69, 9.17) is 4.74 Å². The Morgan fingerprint density at radius 3 is 2.80 bits per heavy atom. The first-order valence-corrected chi connectivity index (χ1v) is 6.16. The fourth-order valence-electron chi connectivity index (χ4n) is 2.11. The highest BCUT2D eigenvalue weighted by atomic mass is 16.5. The molecule has 2 heteroatoms. The second-order valence-electron chi connectivity index (χ2n) is 4.71. The quantitative estimate of drug-likeness (QED) is 0.706. The Hall–Kier alpha value is -0.340. The molecular formula is C13H25NO. The van der Waals surface area contributed by atoms with Gasteiger partial charge >= 0.3 is 0 Å². The van der Waals surface area contributed by atoms with Crippen molar-refractivity contribution in [3.8, 4) is 0 Å². The summed E-state index contributed by atoms with van der Waals surface area (Å²) in [6.45, 7) is 5.28. The lowest BCUT2D eigenvalue weighted by Crippen LogP contribution is -2.26. The van der Waals surface area contributed by atoms with Crippen molar-refractivity contribution in [3.05, 3.63) is 11.6 Å². The molecule has 0 aromatic heterocycles. The van der Waals surface area contributed by atoms with Crippen molar-refractivity contribution in [3.63, 3.8) is 0 Å². The van der Waals surface area contributed by atoms with E-state index in [2.05, 4.69) is 25.2 Å². The molecule has 1 aliphatic heterocycles. The lowest BCUT2D eigenvalue weighted by Gasteiger charge is -2.24. The van der Waals surface area contributed by atoms with Gasteiger partial charge in [-0.3, -0.25) is 0 Å². The van der Waals surface area contributed by atoms with Gasteiger partial charge in [-0.2, -0.15) is 0 Å². The molecule has 88 valence electrons. The molecule has 2 nitrogen and oxygen atoms in total. The zero-order valence-electron chi connectivity index (χ0n) is 10.4. The standard InChI is InChI=1S/C13H25NO/c1-11(2)10-12(14-3)7-8-13-6-4-5-9-15-13/h10,12-14H,4-9H2,1-3H3. The van der Waals surface area contributed by atoms with Gasteiger partial charge in [0.1, 0.15) is 0 Å². The number of hydrogen-bond acceptors (Lipinski definition) is 2. The van der Waals surface area contributed by atoms with Crippen LogP contribution >= 0.6 is 0 Å². The summed E-state index contributed by atoms with van der Waals surface area (Å²) in [5, 5.41) is 3.34. The van der Waals surface area contributed by atoms with Crippen molar-refractivity contribution in [1.29, 1.82) is 0 Å². The first kappa shape index (κ1) is 12.7. The van der Waals surface area contributed by atoms with Crippen LogP contribution in [0.1, 0.15) is 46.0 Å². The van der Waals surface area contributed by atoms with Gasteiger partial charge in [-0.05, 0) is 53.0 Å². The van der Waals surface area contributed by atoms with Crippen LogP contribution in [0.5, 0.6) is 0 Å². The van der Waals surface area contributed by atoms with Crippen LogP contribution in [0.4, 0.5) is 0 Å². The van der Waals surface area contributed by atoms with E-state index in [1.165, 1.54) is 37.7 Å². The molecule has 0 amide bonds. The van der Waals surface area contributed by atoms with E-state index in [0.717, 1.165) is 6.61 Å². The molecular weight excluding hydrogens is 186 g/mol. The van der Waals surface area contributed by atoms with Gasteiger partial charge in [-0.1, -0.05) is 11.6 Å². The summed E-state index contributed by atoms with van der Waals surface area (Å²) in [5.41, 5.74) is 1.39. The Bertz CT molecular complexity index is 191. The van der Waals surface area contributed by atoms with Crippen LogP contribution in [0.25, 0.3) is 0 Å². The van der Waals surface area contributed by atoms with E-state index in [1.807, 2.05) is 7.05 Å². The number of nitrogens with one attached hydrogen (secondary N) is 1. The Balaban J connectivity index is 2.23. The molecule has 0 aliphatic carbocycles. The fraction of sp³-hybridized carbons (Fsp3) is 0.846. The molecule has 0 spiro atoms. The third-order valence-electron chi connectivity index (χ3n) is 2.98. The minimum atomic E-state index is 0.514. The molecule has 1 saturated heterocycles. The Labute approximate surface area is 94.1 Å². The molecule has 1 heterocycles. The summed E-state index contributed by atoms with van der Waals surface area (Å²) in [6, 6.07) is 0.514. The molecule has 0 aromatic carbocycles. The third kappa shape index (κ3) is 5.33. The van der Waals surface area contributed by atoms with Gasteiger partial charge in [0.15, 0.2) is 0 Å². The van der Waals surface area contributed by atoms with Crippen LogP contribution in [-0.2, 0) is 4.74 Å². The van der Waals surface area contributed by atoms with E-state index in [0.29, 0.717) is 12.1 Å². The van der Waals surface area contributed by atoms with Crippen molar-refractivity contribution in [2.75, 3.05) is 13.7 Å². The van der Waals surface area contributed by atoms with E-state index in [1.54, 1.807) is 0 Å². The molecule has 1 aliphatic rings. The summed E-state index contributed by atoms with van der Waals surface area (Å²) in [4.78, 5) is 0. The average molecular weight is 211 g/mol. The van der Waals surface area contributed by atoms with E-state index < -0.39 is 0 Å². The van der Waals surface area contributed by atoms with Gasteiger partial charge in [0.2, 0.25) is 0 Å². The highest BCUT2D eigenvalue weighted by molar-refractivity contribution is 5.00. The summed E-state index contributed by atoms with van der Waals surface area (Å²) < 4.78 is 5.73. The van der Waals surface area contributed by atoms with Crippen LogP contribution in [0, 0.1) is 0 Å². The Kier molecular flexibility index (Phi) is 5.96. The number of allylic oxidation sites excluding steroid dienone is 1. The predicted octanol–water partition coefficient (Wildman–Crippen LogP) is 2.89. The predicted molar refractivity (Wildman–Crippen MR) is 65.1 cm³/mol. The molecule has 0 aromatic rings. The summed E-state index contributed by atoms with van der Waals surface area (Å²) >= 11 is 0. The van der Waals surface area contributed by atoms with E-state index in [-0.39, 0.29) is 0 Å². The van der Waals surface area contributed by atoms with Crippen molar-refractivity contribution < 1.29 is 4.74 Å². The zero-order valence-corrected chi connectivity index (χ0v) is 10.4. The maximum absolute atomic E-state index is 5.73. The maximum Gasteiger partial charge on any atom is 0.0575 e. The molecule has 2 unspecified atom stereocenters. The molecule has 1 fully saturated rings. The third-order valence-corrected chi connectivity index (χ3v) is 2.98. The Morgan fingerprint density at radius 2 is 2.27 bits per heavy atom. The largest absolute Gasteiger partial charge is 0.378 e. The normalized spacial score (nSPS) is 23.5. The molecule has 2 atom stereocenters. The lowest BCUT2D eigenvalue weighted by atomic mass is 10.0. The average Bonchev–Trinajstić information content (AvgIpc) is 2.25. The van der Waals surface area contributed by atoms with Gasteiger partial charge in [0.25, 0.3) is 0 Å². The molecule has 1 rings (SSSR count). The van der Waals surface area contributed by atoms with Gasteiger partial charge < -0.3 is 10.1 Å². The summed E-state index contributed by atoms with van der Waals surface area (Å²) in [7, 11) is 2.03. The van der Waals surface area contributed by atoms with Crippen LogP contribution in [-0.4, -0.2) is 25.8 Å². The first-order chi connectivity index (χ1) is 7.22. The topological polar surface area (TPSA) is 21.3 Å². The monoisotopic (exact) mass is 211 g/mol. The summed E-state index contributed by atoms with van der Waals surface area (Å²) in [5.74, 6) is 0.